The van der Waals surface area contributed by atoms with Crippen LogP contribution in [0.2, 0.25) is 0 Å². The highest BCUT2D eigenvalue weighted by Gasteiger charge is 2.12. The van der Waals surface area contributed by atoms with E-state index in [0.717, 1.165) is 5.56 Å². The average molecular weight is 430 g/mol. The van der Waals surface area contributed by atoms with Crippen molar-refractivity contribution in [2.45, 2.75) is 6.54 Å². The molecular formula is C16H16FIN2O3. The average Bonchev–Trinajstić information content (AvgIpc) is 2.56. The molecule has 1 aromatic heterocycles. The molecule has 0 spiro atoms. The number of pyridine rings is 1. The Hall–Kier alpha value is -1.74. The molecule has 2 aromatic rings. The number of nitrogens with one attached hydrogen (secondary N) is 1. The number of benzene rings is 1. The lowest BCUT2D eigenvalue weighted by Gasteiger charge is -2.11. The van der Waals surface area contributed by atoms with Crippen LogP contribution in [0.5, 0.6) is 5.88 Å². The van der Waals surface area contributed by atoms with Crippen LogP contribution >= 0.6 is 22.6 Å². The summed E-state index contributed by atoms with van der Waals surface area (Å²) in [6.45, 7) is 1.06. The summed E-state index contributed by atoms with van der Waals surface area (Å²) < 4.78 is 24.4. The van der Waals surface area contributed by atoms with Crippen LogP contribution in [0.3, 0.4) is 0 Å². The maximum Gasteiger partial charge on any atom is 0.252 e. The summed E-state index contributed by atoms with van der Waals surface area (Å²) >= 11 is 2.00. The molecule has 122 valence electrons. The first-order valence-corrected chi connectivity index (χ1v) is 7.98. The van der Waals surface area contributed by atoms with Crippen molar-refractivity contribution in [2.75, 3.05) is 20.3 Å². The molecule has 0 saturated carbocycles. The van der Waals surface area contributed by atoms with Crippen LogP contribution in [0.1, 0.15) is 15.9 Å². The highest BCUT2D eigenvalue weighted by Crippen LogP contribution is 2.16. The van der Waals surface area contributed by atoms with Gasteiger partial charge in [0.05, 0.1) is 12.2 Å². The number of rotatable bonds is 7. The van der Waals surface area contributed by atoms with Gasteiger partial charge in [0.25, 0.3) is 5.91 Å². The highest BCUT2D eigenvalue weighted by molar-refractivity contribution is 14.1. The molecule has 1 N–H and O–H groups in total. The Balaban J connectivity index is 2.03. The number of ether oxygens (including phenoxy) is 2. The van der Waals surface area contributed by atoms with Gasteiger partial charge in [-0.05, 0) is 46.9 Å². The van der Waals surface area contributed by atoms with Crippen molar-refractivity contribution >= 4 is 28.5 Å². The number of amides is 1. The lowest BCUT2D eigenvalue weighted by molar-refractivity contribution is 0.0948. The van der Waals surface area contributed by atoms with E-state index in [-0.39, 0.29) is 12.5 Å². The number of carbonyl (C=O) groups is 1. The molecule has 7 heteroatoms. The van der Waals surface area contributed by atoms with Gasteiger partial charge in [-0.15, -0.1) is 0 Å². The zero-order valence-corrected chi connectivity index (χ0v) is 14.7. The third kappa shape index (κ3) is 5.14. The molecule has 0 atom stereocenters. The number of nitrogens with zero attached hydrogens (tertiary/aromatic N) is 1. The van der Waals surface area contributed by atoms with Gasteiger partial charge in [0.1, 0.15) is 12.4 Å². The molecule has 1 aromatic carbocycles. The van der Waals surface area contributed by atoms with E-state index in [2.05, 4.69) is 10.3 Å². The third-order valence-corrected chi connectivity index (χ3v) is 3.93. The quantitative estimate of drug-likeness (QED) is 0.542. The Morgan fingerprint density at radius 1 is 1.35 bits per heavy atom. The summed E-state index contributed by atoms with van der Waals surface area (Å²) in [5, 5.41) is 2.75. The van der Waals surface area contributed by atoms with E-state index >= 15 is 0 Å². The van der Waals surface area contributed by atoms with Crippen LogP contribution in [0.4, 0.5) is 4.39 Å². The molecule has 1 heterocycles. The predicted octanol–water partition coefficient (Wildman–Crippen LogP) is 2.78. The summed E-state index contributed by atoms with van der Waals surface area (Å²) in [5.74, 6) is -0.347. The molecule has 0 bridgehead atoms. The first-order valence-electron chi connectivity index (χ1n) is 6.90. The van der Waals surface area contributed by atoms with Gasteiger partial charge in [0.2, 0.25) is 5.88 Å². The van der Waals surface area contributed by atoms with Crippen LogP contribution < -0.4 is 10.1 Å². The molecule has 0 radical (unpaired) electrons. The lowest BCUT2D eigenvalue weighted by Crippen LogP contribution is -2.24. The van der Waals surface area contributed by atoms with E-state index in [1.165, 1.54) is 12.1 Å². The van der Waals surface area contributed by atoms with E-state index in [0.29, 0.717) is 28.2 Å². The zero-order chi connectivity index (χ0) is 16.7. The molecule has 0 aliphatic rings. The van der Waals surface area contributed by atoms with Crippen LogP contribution in [-0.2, 0) is 11.3 Å². The van der Waals surface area contributed by atoms with Gasteiger partial charge < -0.3 is 14.8 Å². The summed E-state index contributed by atoms with van der Waals surface area (Å²) in [6.07, 6.45) is 1.61. The SMILES string of the molecule is COCCOc1ncccc1CNC(=O)c1cc(F)ccc1I. The maximum atomic E-state index is 13.3. The Morgan fingerprint density at radius 2 is 2.17 bits per heavy atom. The first kappa shape index (κ1) is 17.6. The number of hydrogen-bond donors (Lipinski definition) is 1. The second-order valence-electron chi connectivity index (χ2n) is 4.62. The maximum absolute atomic E-state index is 13.3. The molecule has 0 aliphatic heterocycles. The van der Waals surface area contributed by atoms with E-state index in [1.54, 1.807) is 25.4 Å². The number of carbonyl (C=O) groups excluding carboxylic acids is 1. The van der Waals surface area contributed by atoms with Crippen molar-refractivity contribution in [1.82, 2.24) is 10.3 Å². The number of hydrogen-bond acceptors (Lipinski definition) is 4. The number of halogens is 2. The fourth-order valence-electron chi connectivity index (χ4n) is 1.85. The van der Waals surface area contributed by atoms with Gasteiger partial charge in [-0.2, -0.15) is 0 Å². The molecule has 0 fully saturated rings. The molecule has 5 nitrogen and oxygen atoms in total. The monoisotopic (exact) mass is 430 g/mol. The minimum absolute atomic E-state index is 0.238. The van der Waals surface area contributed by atoms with Crippen molar-refractivity contribution in [1.29, 1.82) is 0 Å². The Kier molecular flexibility index (Phi) is 6.72. The van der Waals surface area contributed by atoms with E-state index in [4.69, 9.17) is 9.47 Å². The van der Waals surface area contributed by atoms with E-state index in [9.17, 15) is 9.18 Å². The minimum atomic E-state index is -0.444. The predicted molar refractivity (Wildman–Crippen MR) is 91.9 cm³/mol. The second-order valence-corrected chi connectivity index (χ2v) is 5.78. The molecule has 0 unspecified atom stereocenters. The van der Waals surface area contributed by atoms with Gasteiger partial charge in [0, 0.05) is 29.0 Å². The normalized spacial score (nSPS) is 10.4. The summed E-state index contributed by atoms with van der Waals surface area (Å²) in [7, 11) is 1.59. The van der Waals surface area contributed by atoms with Crippen molar-refractivity contribution < 1.29 is 18.7 Å². The van der Waals surface area contributed by atoms with E-state index < -0.39 is 5.82 Å². The van der Waals surface area contributed by atoms with Crippen LogP contribution in [0, 0.1) is 9.39 Å². The number of methoxy groups -OCH3 is 1. The van der Waals surface area contributed by atoms with E-state index in [1.807, 2.05) is 28.7 Å². The first-order chi connectivity index (χ1) is 11.1. The Bertz CT molecular complexity index is 682. The molecule has 1 amide bonds. The lowest BCUT2D eigenvalue weighted by atomic mass is 10.2. The molecule has 23 heavy (non-hydrogen) atoms. The van der Waals surface area contributed by atoms with Crippen LogP contribution in [0.15, 0.2) is 36.5 Å². The molecule has 0 saturated heterocycles. The van der Waals surface area contributed by atoms with Gasteiger partial charge in [-0.25, -0.2) is 9.37 Å². The smallest absolute Gasteiger partial charge is 0.252 e. The molecule has 0 aliphatic carbocycles. The standard InChI is InChI=1S/C16H16FIN2O3/c1-22-7-8-23-16-11(3-2-6-19-16)10-20-15(21)13-9-12(17)4-5-14(13)18/h2-6,9H,7-8,10H2,1H3,(H,20,21). The zero-order valence-electron chi connectivity index (χ0n) is 12.5. The Labute approximate surface area is 147 Å². The van der Waals surface area contributed by atoms with Gasteiger partial charge in [-0.1, -0.05) is 6.07 Å². The van der Waals surface area contributed by atoms with Crippen molar-refractivity contribution in [2.24, 2.45) is 0 Å². The number of aromatic nitrogens is 1. The Morgan fingerprint density at radius 3 is 2.96 bits per heavy atom. The summed E-state index contributed by atoms with van der Waals surface area (Å²) in [6, 6.07) is 7.68. The fourth-order valence-corrected chi connectivity index (χ4v) is 2.43. The van der Waals surface area contributed by atoms with Crippen LogP contribution in [0.25, 0.3) is 0 Å². The third-order valence-electron chi connectivity index (χ3n) is 2.99. The topological polar surface area (TPSA) is 60.5 Å². The largest absolute Gasteiger partial charge is 0.475 e. The van der Waals surface area contributed by atoms with Crippen molar-refractivity contribution in [3.63, 3.8) is 0 Å². The van der Waals surface area contributed by atoms with Gasteiger partial charge in [-0.3, -0.25) is 4.79 Å². The molecular weight excluding hydrogens is 414 g/mol. The second kappa shape index (κ2) is 8.78. The summed E-state index contributed by atoms with van der Waals surface area (Å²) in [4.78, 5) is 16.3. The molecule has 2 rings (SSSR count). The van der Waals surface area contributed by atoms with Crippen molar-refractivity contribution in [3.05, 3.63) is 57.0 Å². The minimum Gasteiger partial charge on any atom is -0.475 e. The summed E-state index contributed by atoms with van der Waals surface area (Å²) in [5.41, 5.74) is 1.04. The fraction of sp³-hybridized carbons (Fsp3) is 0.250. The highest BCUT2D eigenvalue weighted by atomic mass is 127. The van der Waals surface area contributed by atoms with Crippen LogP contribution in [-0.4, -0.2) is 31.2 Å². The van der Waals surface area contributed by atoms with Crippen molar-refractivity contribution in [3.8, 4) is 5.88 Å². The van der Waals surface area contributed by atoms with Gasteiger partial charge >= 0.3 is 0 Å². The van der Waals surface area contributed by atoms with Gasteiger partial charge in [0.15, 0.2) is 0 Å².